The van der Waals surface area contributed by atoms with Gasteiger partial charge in [-0.2, -0.15) is 9.57 Å². The number of piperazine rings is 1. The maximum absolute atomic E-state index is 13.2. The predicted octanol–water partition coefficient (Wildman–Crippen LogP) is 1.95. The molecule has 1 aliphatic heterocycles. The van der Waals surface area contributed by atoms with Crippen molar-refractivity contribution in [1.29, 1.82) is 5.26 Å². The average Bonchev–Trinajstić information content (AvgIpc) is 2.82. The SMILES string of the molecule is COC(=O)[C@H](Cc1ccc(C#N)cc1)N1CCN(S(=O)(=O)c2ccccc2[N+](=O)[O-])[C@@H](C)C1. The summed E-state index contributed by atoms with van der Waals surface area (Å²) in [5.41, 5.74) is 0.878. The molecule has 2 aromatic rings. The molecule has 0 unspecified atom stereocenters. The molecule has 1 fully saturated rings. The highest BCUT2D eigenvalue weighted by atomic mass is 32.2. The molecular weight excluding hydrogens is 448 g/mol. The zero-order chi connectivity index (χ0) is 24.2. The minimum absolute atomic E-state index is 0.0659. The van der Waals surface area contributed by atoms with Gasteiger partial charge in [-0.05, 0) is 37.1 Å². The smallest absolute Gasteiger partial charge is 0.323 e. The van der Waals surface area contributed by atoms with E-state index >= 15 is 0 Å². The van der Waals surface area contributed by atoms with Gasteiger partial charge < -0.3 is 4.74 Å². The molecule has 33 heavy (non-hydrogen) atoms. The molecule has 2 atom stereocenters. The second-order valence-corrected chi connectivity index (χ2v) is 9.60. The van der Waals surface area contributed by atoms with Gasteiger partial charge in [0, 0.05) is 31.7 Å². The number of methoxy groups -OCH3 is 1. The zero-order valence-electron chi connectivity index (χ0n) is 18.2. The summed E-state index contributed by atoms with van der Waals surface area (Å²) in [6.45, 7) is 2.26. The molecule has 1 aliphatic rings. The van der Waals surface area contributed by atoms with E-state index in [4.69, 9.17) is 10.00 Å². The zero-order valence-corrected chi connectivity index (χ0v) is 19.1. The molecule has 11 heteroatoms. The summed E-state index contributed by atoms with van der Waals surface area (Å²) in [5, 5.41) is 20.3. The minimum atomic E-state index is -4.11. The first-order valence-electron chi connectivity index (χ1n) is 10.2. The highest BCUT2D eigenvalue weighted by molar-refractivity contribution is 7.89. The number of nitro groups is 1. The predicted molar refractivity (Wildman–Crippen MR) is 119 cm³/mol. The van der Waals surface area contributed by atoms with Crippen LogP contribution in [0.1, 0.15) is 18.1 Å². The Morgan fingerprint density at radius 3 is 2.48 bits per heavy atom. The lowest BCUT2D eigenvalue weighted by molar-refractivity contribution is -0.387. The van der Waals surface area contributed by atoms with Crippen LogP contribution in [0.5, 0.6) is 0 Å². The third-order valence-electron chi connectivity index (χ3n) is 5.67. The van der Waals surface area contributed by atoms with Crippen LogP contribution < -0.4 is 0 Å². The lowest BCUT2D eigenvalue weighted by Gasteiger charge is -2.41. The Labute approximate surface area is 192 Å². The lowest BCUT2D eigenvalue weighted by Crippen LogP contribution is -2.58. The number of para-hydroxylation sites is 1. The van der Waals surface area contributed by atoms with E-state index in [0.29, 0.717) is 12.0 Å². The van der Waals surface area contributed by atoms with E-state index in [0.717, 1.165) is 5.56 Å². The monoisotopic (exact) mass is 472 g/mol. The van der Waals surface area contributed by atoms with Gasteiger partial charge in [-0.25, -0.2) is 8.42 Å². The number of rotatable bonds is 7. The van der Waals surface area contributed by atoms with Crippen LogP contribution in [0.4, 0.5) is 5.69 Å². The van der Waals surface area contributed by atoms with Crippen molar-refractivity contribution >= 4 is 21.7 Å². The molecule has 0 amide bonds. The standard InChI is InChI=1S/C22H24N4O6S/c1-16-15-24(20(22(27)32-2)13-17-7-9-18(14-23)10-8-17)11-12-25(16)33(30,31)21-6-4-3-5-19(21)26(28)29/h3-10,16,20H,11-13,15H2,1-2H3/t16-,20-/m0/s1. The van der Waals surface area contributed by atoms with Crippen molar-refractivity contribution in [1.82, 2.24) is 9.21 Å². The van der Waals surface area contributed by atoms with Gasteiger partial charge in [-0.3, -0.25) is 19.8 Å². The molecule has 3 rings (SSSR count). The summed E-state index contributed by atoms with van der Waals surface area (Å²) in [5.74, 6) is -0.443. The summed E-state index contributed by atoms with van der Waals surface area (Å²) >= 11 is 0. The van der Waals surface area contributed by atoms with E-state index in [1.165, 1.54) is 35.7 Å². The van der Waals surface area contributed by atoms with Crippen LogP contribution in [0.15, 0.2) is 53.4 Å². The first-order chi connectivity index (χ1) is 15.7. The topological polar surface area (TPSA) is 134 Å². The van der Waals surface area contributed by atoms with E-state index in [-0.39, 0.29) is 24.5 Å². The van der Waals surface area contributed by atoms with Crippen molar-refractivity contribution in [2.24, 2.45) is 0 Å². The molecule has 0 aliphatic carbocycles. The first kappa shape index (κ1) is 24.3. The fourth-order valence-corrected chi connectivity index (χ4v) is 5.77. The molecule has 0 radical (unpaired) electrons. The van der Waals surface area contributed by atoms with Gasteiger partial charge in [-0.15, -0.1) is 0 Å². The number of benzene rings is 2. The van der Waals surface area contributed by atoms with Crippen LogP contribution in [0.2, 0.25) is 0 Å². The van der Waals surface area contributed by atoms with Crippen LogP contribution in [-0.2, 0) is 26.0 Å². The number of nitriles is 1. The maximum atomic E-state index is 13.2. The summed E-state index contributed by atoms with van der Waals surface area (Å²) in [6, 6.07) is 13.0. The van der Waals surface area contributed by atoms with Crippen LogP contribution in [0, 0.1) is 21.4 Å². The molecule has 1 saturated heterocycles. The Kier molecular flexibility index (Phi) is 7.43. The molecule has 0 saturated carbocycles. The van der Waals surface area contributed by atoms with E-state index in [2.05, 4.69) is 0 Å². The number of hydrogen-bond acceptors (Lipinski definition) is 8. The van der Waals surface area contributed by atoms with E-state index in [1.54, 1.807) is 31.2 Å². The minimum Gasteiger partial charge on any atom is -0.468 e. The Bertz CT molecular complexity index is 1180. The number of nitrogens with zero attached hydrogens (tertiary/aromatic N) is 4. The highest BCUT2D eigenvalue weighted by Gasteiger charge is 2.40. The summed E-state index contributed by atoms with van der Waals surface area (Å²) < 4.78 is 32.7. The normalized spacial score (nSPS) is 18.3. The van der Waals surface area contributed by atoms with Crippen molar-refractivity contribution < 1.29 is 22.9 Å². The van der Waals surface area contributed by atoms with E-state index < -0.39 is 38.7 Å². The Balaban J connectivity index is 1.81. The van der Waals surface area contributed by atoms with Gasteiger partial charge in [0.2, 0.25) is 10.0 Å². The molecular formula is C22H24N4O6S. The van der Waals surface area contributed by atoms with Crippen LogP contribution >= 0.6 is 0 Å². The molecule has 2 aromatic carbocycles. The van der Waals surface area contributed by atoms with Gasteiger partial charge in [-0.1, -0.05) is 24.3 Å². The van der Waals surface area contributed by atoms with Crippen LogP contribution in [0.25, 0.3) is 0 Å². The second-order valence-electron chi connectivity index (χ2n) is 7.74. The summed E-state index contributed by atoms with van der Waals surface area (Å²) in [7, 11) is -2.81. The molecule has 1 heterocycles. The fourth-order valence-electron chi connectivity index (χ4n) is 4.00. The van der Waals surface area contributed by atoms with Gasteiger partial charge in [0.1, 0.15) is 6.04 Å². The van der Waals surface area contributed by atoms with Crippen molar-refractivity contribution in [2.75, 3.05) is 26.7 Å². The summed E-state index contributed by atoms with van der Waals surface area (Å²) in [6.07, 6.45) is 0.335. The molecule has 0 bridgehead atoms. The van der Waals surface area contributed by atoms with Crippen molar-refractivity contribution in [3.05, 3.63) is 69.8 Å². The van der Waals surface area contributed by atoms with Crippen LogP contribution in [0.3, 0.4) is 0 Å². The largest absolute Gasteiger partial charge is 0.468 e. The van der Waals surface area contributed by atoms with Crippen molar-refractivity contribution in [3.63, 3.8) is 0 Å². The van der Waals surface area contributed by atoms with Gasteiger partial charge in [0.05, 0.1) is 23.7 Å². The Morgan fingerprint density at radius 2 is 1.91 bits per heavy atom. The molecule has 0 spiro atoms. The van der Waals surface area contributed by atoms with E-state index in [1.807, 2.05) is 11.0 Å². The lowest BCUT2D eigenvalue weighted by atomic mass is 10.0. The van der Waals surface area contributed by atoms with Crippen LogP contribution in [-0.4, -0.2) is 67.3 Å². The molecule has 0 aromatic heterocycles. The Morgan fingerprint density at radius 1 is 1.24 bits per heavy atom. The first-order valence-corrected chi connectivity index (χ1v) is 11.7. The molecule has 174 valence electrons. The summed E-state index contributed by atoms with van der Waals surface area (Å²) in [4.78, 5) is 24.7. The fraction of sp³-hybridized carbons (Fsp3) is 0.364. The Hall–Kier alpha value is -3.33. The maximum Gasteiger partial charge on any atom is 0.323 e. The number of nitro benzene ring substituents is 1. The third-order valence-corrected chi connectivity index (χ3v) is 7.73. The second kappa shape index (κ2) is 10.1. The average molecular weight is 473 g/mol. The molecule has 10 nitrogen and oxygen atoms in total. The van der Waals surface area contributed by atoms with Gasteiger partial charge in [0.25, 0.3) is 5.69 Å². The molecule has 0 N–H and O–H groups in total. The quantitative estimate of drug-likeness (QED) is 0.339. The number of hydrogen-bond donors (Lipinski definition) is 0. The van der Waals surface area contributed by atoms with Gasteiger partial charge in [0.15, 0.2) is 4.90 Å². The number of sulfonamides is 1. The number of ether oxygens (including phenoxy) is 1. The van der Waals surface area contributed by atoms with Crippen molar-refractivity contribution in [2.45, 2.75) is 30.3 Å². The highest BCUT2D eigenvalue weighted by Crippen LogP contribution is 2.29. The third kappa shape index (κ3) is 5.19. The van der Waals surface area contributed by atoms with Crippen molar-refractivity contribution in [3.8, 4) is 6.07 Å². The number of carbonyl (C=O) groups is 1. The number of esters is 1. The van der Waals surface area contributed by atoms with E-state index in [9.17, 15) is 23.3 Å². The van der Waals surface area contributed by atoms with Gasteiger partial charge >= 0.3 is 5.97 Å². The number of carbonyl (C=O) groups excluding carboxylic acids is 1.